The molecule has 27 heavy (non-hydrogen) atoms. The lowest BCUT2D eigenvalue weighted by Gasteiger charge is -2.40. The quantitative estimate of drug-likeness (QED) is 0.805. The Morgan fingerprint density at radius 3 is 2.78 bits per heavy atom. The van der Waals surface area contributed by atoms with Crippen LogP contribution >= 0.6 is 0 Å². The SMILES string of the molecule is COc1c(C)cnc(CN2CCCC(N(C)C(=O)N3CCOCC3)C2)c1C. The molecule has 3 rings (SSSR count). The van der Waals surface area contributed by atoms with Crippen molar-refractivity contribution in [1.29, 1.82) is 0 Å². The van der Waals surface area contributed by atoms with Crippen LogP contribution in [0, 0.1) is 13.8 Å². The van der Waals surface area contributed by atoms with Gasteiger partial charge in [-0.1, -0.05) is 0 Å². The van der Waals surface area contributed by atoms with Gasteiger partial charge in [0.05, 0.1) is 26.0 Å². The molecule has 150 valence electrons. The van der Waals surface area contributed by atoms with E-state index in [1.54, 1.807) is 7.11 Å². The van der Waals surface area contributed by atoms with Crippen LogP contribution in [0.2, 0.25) is 0 Å². The topological polar surface area (TPSA) is 58.1 Å². The molecule has 7 heteroatoms. The number of hydrogen-bond acceptors (Lipinski definition) is 5. The Labute approximate surface area is 162 Å². The fourth-order valence-corrected chi connectivity index (χ4v) is 4.07. The zero-order valence-electron chi connectivity index (χ0n) is 17.0. The van der Waals surface area contributed by atoms with E-state index in [9.17, 15) is 4.79 Å². The van der Waals surface area contributed by atoms with Crippen molar-refractivity contribution in [3.63, 3.8) is 0 Å². The summed E-state index contributed by atoms with van der Waals surface area (Å²) in [6, 6.07) is 0.359. The number of urea groups is 1. The van der Waals surface area contributed by atoms with Crippen molar-refractivity contribution in [1.82, 2.24) is 19.7 Å². The molecule has 2 saturated heterocycles. The van der Waals surface area contributed by atoms with Crippen molar-refractivity contribution in [3.05, 3.63) is 23.0 Å². The fraction of sp³-hybridized carbons (Fsp3) is 0.700. The van der Waals surface area contributed by atoms with Gasteiger partial charge in [-0.15, -0.1) is 0 Å². The first-order valence-corrected chi connectivity index (χ1v) is 9.82. The largest absolute Gasteiger partial charge is 0.496 e. The predicted octanol–water partition coefficient (Wildman–Crippen LogP) is 2.06. The normalized spacial score (nSPS) is 21.2. The van der Waals surface area contributed by atoms with E-state index in [4.69, 9.17) is 9.47 Å². The number of hydrogen-bond donors (Lipinski definition) is 0. The van der Waals surface area contributed by atoms with Gasteiger partial charge in [-0.05, 0) is 33.2 Å². The number of piperidine rings is 1. The average Bonchev–Trinajstić information content (AvgIpc) is 2.70. The molecule has 1 atom stereocenters. The van der Waals surface area contributed by atoms with Crippen molar-refractivity contribution in [2.45, 2.75) is 39.3 Å². The maximum absolute atomic E-state index is 12.8. The van der Waals surface area contributed by atoms with Gasteiger partial charge < -0.3 is 19.3 Å². The Hall–Kier alpha value is -1.86. The number of ether oxygens (including phenoxy) is 2. The highest BCUT2D eigenvalue weighted by Crippen LogP contribution is 2.26. The molecule has 0 radical (unpaired) electrons. The second-order valence-corrected chi connectivity index (χ2v) is 7.57. The van der Waals surface area contributed by atoms with Crippen molar-refractivity contribution < 1.29 is 14.3 Å². The van der Waals surface area contributed by atoms with Crippen LogP contribution in [0.4, 0.5) is 4.79 Å². The Morgan fingerprint density at radius 1 is 1.33 bits per heavy atom. The molecule has 0 spiro atoms. The summed E-state index contributed by atoms with van der Waals surface area (Å²) in [6.45, 7) is 9.44. The molecule has 1 aromatic heterocycles. The number of rotatable bonds is 4. The molecule has 2 amide bonds. The molecular weight excluding hydrogens is 344 g/mol. The van der Waals surface area contributed by atoms with Gasteiger partial charge >= 0.3 is 6.03 Å². The summed E-state index contributed by atoms with van der Waals surface area (Å²) in [7, 11) is 3.65. The monoisotopic (exact) mass is 376 g/mol. The molecule has 0 aromatic carbocycles. The van der Waals surface area contributed by atoms with Crippen LogP contribution in [-0.2, 0) is 11.3 Å². The number of aryl methyl sites for hydroxylation is 1. The van der Waals surface area contributed by atoms with Gasteiger partial charge in [-0.25, -0.2) is 4.79 Å². The molecule has 0 N–H and O–H groups in total. The smallest absolute Gasteiger partial charge is 0.320 e. The van der Waals surface area contributed by atoms with Crippen LogP contribution in [0.1, 0.15) is 29.7 Å². The van der Waals surface area contributed by atoms with Crippen LogP contribution in [0.15, 0.2) is 6.20 Å². The van der Waals surface area contributed by atoms with Gasteiger partial charge in [0, 0.05) is 56.6 Å². The molecular formula is C20H32N4O3. The van der Waals surface area contributed by atoms with Crippen molar-refractivity contribution in [3.8, 4) is 5.75 Å². The summed E-state index contributed by atoms with van der Waals surface area (Å²) < 4.78 is 10.9. The highest BCUT2D eigenvalue weighted by atomic mass is 16.5. The number of carbonyl (C=O) groups is 1. The van der Waals surface area contributed by atoms with Gasteiger partial charge in [0.25, 0.3) is 0 Å². The predicted molar refractivity (Wildman–Crippen MR) is 104 cm³/mol. The first kappa shape index (κ1) is 19.9. The number of carbonyl (C=O) groups excluding carboxylic acids is 1. The van der Waals surface area contributed by atoms with Crippen LogP contribution in [-0.4, -0.2) is 85.3 Å². The molecule has 3 heterocycles. The molecule has 2 fully saturated rings. The van der Waals surface area contributed by atoms with Gasteiger partial charge in [-0.3, -0.25) is 9.88 Å². The molecule has 0 bridgehead atoms. The number of likely N-dealkylation sites (N-methyl/N-ethyl adjacent to an activating group) is 1. The van der Waals surface area contributed by atoms with Crippen LogP contribution < -0.4 is 4.74 Å². The number of amides is 2. The Bertz CT molecular complexity index is 661. The highest BCUT2D eigenvalue weighted by molar-refractivity contribution is 5.74. The minimum absolute atomic E-state index is 0.122. The summed E-state index contributed by atoms with van der Waals surface area (Å²) in [6.07, 6.45) is 4.02. The minimum atomic E-state index is 0.122. The second-order valence-electron chi connectivity index (χ2n) is 7.57. The molecule has 2 aliphatic heterocycles. The second kappa shape index (κ2) is 8.89. The van der Waals surface area contributed by atoms with E-state index in [0.29, 0.717) is 26.3 Å². The van der Waals surface area contributed by atoms with E-state index in [2.05, 4.69) is 16.8 Å². The number of aromatic nitrogens is 1. The summed E-state index contributed by atoms with van der Waals surface area (Å²) in [4.78, 5) is 23.7. The first-order chi connectivity index (χ1) is 13.0. The fourth-order valence-electron chi connectivity index (χ4n) is 4.07. The minimum Gasteiger partial charge on any atom is -0.496 e. The van der Waals surface area contributed by atoms with E-state index in [0.717, 1.165) is 55.0 Å². The van der Waals surface area contributed by atoms with Crippen LogP contribution in [0.25, 0.3) is 0 Å². The lowest BCUT2D eigenvalue weighted by Crippen LogP contribution is -2.54. The zero-order chi connectivity index (χ0) is 19.4. The number of pyridine rings is 1. The maximum Gasteiger partial charge on any atom is 0.320 e. The van der Waals surface area contributed by atoms with Gasteiger partial charge in [0.1, 0.15) is 5.75 Å². The summed E-state index contributed by atoms with van der Waals surface area (Å²) in [5.74, 6) is 0.924. The van der Waals surface area contributed by atoms with E-state index in [1.807, 2.05) is 30.0 Å². The molecule has 1 unspecified atom stereocenters. The molecule has 0 saturated carbocycles. The van der Waals surface area contributed by atoms with Gasteiger partial charge in [-0.2, -0.15) is 0 Å². The van der Waals surface area contributed by atoms with Crippen molar-refractivity contribution >= 4 is 6.03 Å². The third-order valence-corrected chi connectivity index (χ3v) is 5.73. The lowest BCUT2D eigenvalue weighted by atomic mass is 10.0. The maximum atomic E-state index is 12.8. The van der Waals surface area contributed by atoms with E-state index >= 15 is 0 Å². The number of nitrogens with zero attached hydrogens (tertiary/aromatic N) is 4. The van der Waals surface area contributed by atoms with E-state index in [1.165, 1.54) is 0 Å². The molecule has 0 aliphatic carbocycles. The van der Waals surface area contributed by atoms with Crippen molar-refractivity contribution in [2.24, 2.45) is 0 Å². The number of methoxy groups -OCH3 is 1. The summed E-state index contributed by atoms with van der Waals surface area (Å²) in [5, 5.41) is 0. The third-order valence-electron chi connectivity index (χ3n) is 5.73. The number of likely N-dealkylation sites (tertiary alicyclic amines) is 1. The van der Waals surface area contributed by atoms with E-state index in [-0.39, 0.29) is 12.1 Å². The average molecular weight is 377 g/mol. The molecule has 1 aromatic rings. The Balaban J connectivity index is 1.63. The summed E-state index contributed by atoms with van der Waals surface area (Å²) >= 11 is 0. The zero-order valence-corrected chi connectivity index (χ0v) is 17.0. The lowest BCUT2D eigenvalue weighted by molar-refractivity contribution is 0.0365. The first-order valence-electron chi connectivity index (χ1n) is 9.82. The number of morpholine rings is 1. The summed E-state index contributed by atoms with van der Waals surface area (Å²) in [5.41, 5.74) is 3.23. The van der Waals surface area contributed by atoms with Crippen LogP contribution in [0.3, 0.4) is 0 Å². The Morgan fingerprint density at radius 2 is 2.07 bits per heavy atom. The molecule has 2 aliphatic rings. The Kier molecular flexibility index (Phi) is 6.55. The molecule has 7 nitrogen and oxygen atoms in total. The van der Waals surface area contributed by atoms with Gasteiger partial charge in [0.15, 0.2) is 0 Å². The van der Waals surface area contributed by atoms with Gasteiger partial charge in [0.2, 0.25) is 0 Å². The van der Waals surface area contributed by atoms with E-state index < -0.39 is 0 Å². The standard InChI is InChI=1S/C20H32N4O3/c1-15-12-21-18(16(2)19(15)26-4)14-23-7-5-6-17(13-23)22(3)20(25)24-8-10-27-11-9-24/h12,17H,5-11,13-14H2,1-4H3. The highest BCUT2D eigenvalue weighted by Gasteiger charge is 2.29. The third kappa shape index (κ3) is 4.52. The van der Waals surface area contributed by atoms with Crippen molar-refractivity contribution in [2.75, 3.05) is 53.6 Å². The van der Waals surface area contributed by atoms with Crippen LogP contribution in [0.5, 0.6) is 5.75 Å².